The van der Waals surface area contributed by atoms with Gasteiger partial charge in [0.05, 0.1) is 5.69 Å². The summed E-state index contributed by atoms with van der Waals surface area (Å²) in [5.41, 5.74) is 0.718. The molecule has 0 amide bonds. The molecule has 0 fully saturated rings. The first kappa shape index (κ1) is 13.6. The largest absolute Gasteiger partial charge is 0.476 e. The summed E-state index contributed by atoms with van der Waals surface area (Å²) in [5, 5.41) is 32.3. The summed E-state index contributed by atoms with van der Waals surface area (Å²) in [7, 11) is 0. The highest BCUT2D eigenvalue weighted by atomic mass is 79.9. The fourth-order valence-electron chi connectivity index (χ4n) is 2.02. The third kappa shape index (κ3) is 2.50. The molecule has 3 aromatic heterocycles. The van der Waals surface area contributed by atoms with Crippen molar-refractivity contribution in [1.29, 1.82) is 0 Å². The van der Waals surface area contributed by atoms with Gasteiger partial charge in [-0.05, 0) is 12.1 Å². The predicted octanol–water partition coefficient (Wildman–Crippen LogP) is 0.584. The normalized spacial score (nSPS) is 12.7. The maximum atomic E-state index is 11.3. The Balaban J connectivity index is 2.07. The number of carboxylic acids is 1. The summed E-state index contributed by atoms with van der Waals surface area (Å²) in [4.78, 5) is 15.4. The molecule has 0 radical (unpaired) electrons. The number of nitrogens with one attached hydrogen (secondary N) is 1. The predicted molar refractivity (Wildman–Crippen MR) is 72.7 cm³/mol. The monoisotopic (exact) mass is 352 g/mol. The Morgan fingerprint density at radius 3 is 3.00 bits per heavy atom. The SMILES string of the molecule is O=C(O)c1nc2cc(Br)ccn2c1CC(O)c1nn[nH]n1. The van der Waals surface area contributed by atoms with E-state index in [0.717, 1.165) is 4.47 Å². The van der Waals surface area contributed by atoms with Crippen LogP contribution in [0.2, 0.25) is 0 Å². The highest BCUT2D eigenvalue weighted by molar-refractivity contribution is 9.10. The van der Waals surface area contributed by atoms with Crippen LogP contribution in [-0.4, -0.2) is 46.2 Å². The average molecular weight is 353 g/mol. The van der Waals surface area contributed by atoms with Crippen molar-refractivity contribution in [2.75, 3.05) is 0 Å². The third-order valence-electron chi connectivity index (χ3n) is 2.94. The Morgan fingerprint density at radius 1 is 1.52 bits per heavy atom. The van der Waals surface area contributed by atoms with Gasteiger partial charge in [0.25, 0.3) is 0 Å². The van der Waals surface area contributed by atoms with Gasteiger partial charge >= 0.3 is 5.97 Å². The van der Waals surface area contributed by atoms with Gasteiger partial charge in [-0.2, -0.15) is 5.21 Å². The van der Waals surface area contributed by atoms with Gasteiger partial charge in [-0.25, -0.2) is 9.78 Å². The first-order chi connectivity index (χ1) is 10.1. The number of pyridine rings is 1. The summed E-state index contributed by atoms with van der Waals surface area (Å²) in [6.07, 6.45) is 0.603. The van der Waals surface area contributed by atoms with E-state index in [2.05, 4.69) is 41.5 Å². The Kier molecular flexibility index (Phi) is 3.39. The molecule has 0 saturated carbocycles. The van der Waals surface area contributed by atoms with E-state index in [1.165, 1.54) is 0 Å². The maximum absolute atomic E-state index is 11.3. The number of aromatic amines is 1. The lowest BCUT2D eigenvalue weighted by Gasteiger charge is -2.07. The second-order valence-corrected chi connectivity index (χ2v) is 5.19. The van der Waals surface area contributed by atoms with E-state index in [0.29, 0.717) is 11.3 Å². The Morgan fingerprint density at radius 2 is 2.33 bits per heavy atom. The first-order valence-electron chi connectivity index (χ1n) is 5.87. The molecule has 3 heterocycles. The lowest BCUT2D eigenvalue weighted by molar-refractivity contribution is 0.0688. The molecule has 0 aliphatic rings. The van der Waals surface area contributed by atoms with E-state index in [-0.39, 0.29) is 17.9 Å². The fraction of sp³-hybridized carbons (Fsp3) is 0.182. The summed E-state index contributed by atoms with van der Waals surface area (Å²) in [6, 6.07) is 3.45. The second-order valence-electron chi connectivity index (χ2n) is 4.28. The standard InChI is InChI=1S/C11H9BrN6O3/c12-5-1-2-18-6(4-7(19)10-14-16-17-15-10)9(11(20)21)13-8(18)3-5/h1-3,7,19H,4H2,(H,20,21)(H,14,15,16,17). The number of carbonyl (C=O) groups is 1. The summed E-state index contributed by atoms with van der Waals surface area (Å²) < 4.78 is 2.39. The van der Waals surface area contributed by atoms with Crippen LogP contribution in [0.25, 0.3) is 5.65 Å². The van der Waals surface area contributed by atoms with E-state index >= 15 is 0 Å². The van der Waals surface area contributed by atoms with Crippen LogP contribution < -0.4 is 0 Å². The van der Waals surface area contributed by atoms with E-state index < -0.39 is 12.1 Å². The molecule has 0 spiro atoms. The average Bonchev–Trinajstić information content (AvgIpc) is 3.06. The number of aliphatic hydroxyl groups excluding tert-OH is 1. The molecule has 0 saturated heterocycles. The molecule has 108 valence electrons. The Labute approximate surface area is 125 Å². The molecular formula is C11H9BrN6O3. The molecule has 3 N–H and O–H groups in total. The van der Waals surface area contributed by atoms with E-state index in [4.69, 9.17) is 0 Å². The number of rotatable bonds is 4. The highest BCUT2D eigenvalue weighted by Crippen LogP contribution is 2.21. The lowest BCUT2D eigenvalue weighted by Crippen LogP contribution is -2.10. The van der Waals surface area contributed by atoms with Crippen molar-refractivity contribution in [2.24, 2.45) is 0 Å². The number of hydrogen-bond acceptors (Lipinski definition) is 6. The minimum absolute atomic E-state index is 0.00393. The Bertz CT molecular complexity index is 800. The van der Waals surface area contributed by atoms with E-state index in [1.807, 2.05) is 0 Å². The number of aromatic carboxylic acids is 1. The van der Waals surface area contributed by atoms with Crippen molar-refractivity contribution in [3.05, 3.63) is 40.0 Å². The summed E-state index contributed by atoms with van der Waals surface area (Å²) in [5.74, 6) is -1.07. The highest BCUT2D eigenvalue weighted by Gasteiger charge is 2.23. The van der Waals surface area contributed by atoms with E-state index in [1.54, 1.807) is 22.7 Å². The van der Waals surface area contributed by atoms with Crippen LogP contribution in [0, 0.1) is 0 Å². The van der Waals surface area contributed by atoms with E-state index in [9.17, 15) is 15.0 Å². The lowest BCUT2D eigenvalue weighted by atomic mass is 10.1. The maximum Gasteiger partial charge on any atom is 0.356 e. The molecular weight excluding hydrogens is 344 g/mol. The third-order valence-corrected chi connectivity index (χ3v) is 3.43. The van der Waals surface area contributed by atoms with Crippen molar-refractivity contribution in [3.8, 4) is 0 Å². The number of aliphatic hydroxyl groups is 1. The molecule has 0 aliphatic carbocycles. The number of halogens is 1. The number of tetrazole rings is 1. The van der Waals surface area contributed by atoms with Gasteiger partial charge < -0.3 is 14.6 Å². The molecule has 21 heavy (non-hydrogen) atoms. The molecule has 0 bridgehead atoms. The molecule has 1 unspecified atom stereocenters. The van der Waals surface area contributed by atoms with Crippen LogP contribution in [0.15, 0.2) is 22.8 Å². The molecule has 9 nitrogen and oxygen atoms in total. The number of hydrogen-bond donors (Lipinski definition) is 3. The van der Waals surface area contributed by atoms with Gasteiger partial charge in [-0.1, -0.05) is 21.1 Å². The van der Waals surface area contributed by atoms with Gasteiger partial charge in [0.2, 0.25) is 5.82 Å². The zero-order valence-corrected chi connectivity index (χ0v) is 12.0. The van der Waals surface area contributed by atoms with Crippen molar-refractivity contribution >= 4 is 27.5 Å². The van der Waals surface area contributed by atoms with Crippen molar-refractivity contribution in [1.82, 2.24) is 30.0 Å². The second kappa shape index (κ2) is 5.22. The number of H-pyrrole nitrogens is 1. The topological polar surface area (TPSA) is 129 Å². The van der Waals surface area contributed by atoms with Crippen LogP contribution in [0.5, 0.6) is 0 Å². The molecule has 0 aromatic carbocycles. The van der Waals surface area contributed by atoms with Crippen LogP contribution in [0.4, 0.5) is 0 Å². The van der Waals surface area contributed by atoms with Crippen LogP contribution in [0.1, 0.15) is 28.1 Å². The summed E-state index contributed by atoms with van der Waals surface area (Å²) in [6.45, 7) is 0. The van der Waals surface area contributed by atoms with Gasteiger partial charge in [-0.3, -0.25) is 0 Å². The van der Waals surface area contributed by atoms with Gasteiger partial charge in [0.15, 0.2) is 5.69 Å². The van der Waals surface area contributed by atoms with Gasteiger partial charge in [0.1, 0.15) is 11.8 Å². The number of nitrogens with zero attached hydrogens (tertiary/aromatic N) is 5. The molecule has 0 aliphatic heterocycles. The Hall–Kier alpha value is -2.33. The number of imidazole rings is 1. The van der Waals surface area contributed by atoms with Crippen molar-refractivity contribution in [2.45, 2.75) is 12.5 Å². The molecule has 1 atom stereocenters. The number of carboxylic acid groups (broad SMARTS) is 1. The molecule has 3 aromatic rings. The first-order valence-corrected chi connectivity index (χ1v) is 6.66. The quantitative estimate of drug-likeness (QED) is 0.626. The van der Waals surface area contributed by atoms with Crippen molar-refractivity contribution < 1.29 is 15.0 Å². The van der Waals surface area contributed by atoms with Gasteiger partial charge in [0, 0.05) is 17.1 Å². The zero-order valence-electron chi connectivity index (χ0n) is 10.4. The number of aromatic nitrogens is 6. The fourth-order valence-corrected chi connectivity index (χ4v) is 2.35. The summed E-state index contributed by atoms with van der Waals surface area (Å²) >= 11 is 3.30. The van der Waals surface area contributed by atoms with Crippen LogP contribution >= 0.6 is 15.9 Å². The van der Waals surface area contributed by atoms with Crippen LogP contribution in [0.3, 0.4) is 0 Å². The minimum Gasteiger partial charge on any atom is -0.476 e. The van der Waals surface area contributed by atoms with Gasteiger partial charge in [-0.15, -0.1) is 10.2 Å². The van der Waals surface area contributed by atoms with Crippen molar-refractivity contribution in [3.63, 3.8) is 0 Å². The molecule has 3 rings (SSSR count). The van der Waals surface area contributed by atoms with Crippen LogP contribution in [-0.2, 0) is 6.42 Å². The number of fused-ring (bicyclic) bond motifs is 1. The zero-order chi connectivity index (χ0) is 15.0. The smallest absolute Gasteiger partial charge is 0.356 e. The molecule has 10 heteroatoms. The minimum atomic E-state index is -1.16.